The molecule has 1 fully saturated rings. The van der Waals surface area contributed by atoms with Gasteiger partial charge in [0.25, 0.3) is 0 Å². The lowest BCUT2D eigenvalue weighted by Gasteiger charge is -2.33. The molecule has 1 aromatic rings. The quantitative estimate of drug-likeness (QED) is 0.844. The predicted octanol–water partition coefficient (Wildman–Crippen LogP) is 1.68. The molecule has 5 heteroatoms. The zero-order chi connectivity index (χ0) is 12.3. The highest BCUT2D eigenvalue weighted by molar-refractivity contribution is 6.30. The summed E-state index contributed by atoms with van der Waals surface area (Å²) >= 11 is 5.83. The van der Waals surface area contributed by atoms with Gasteiger partial charge in [0.1, 0.15) is 0 Å². The van der Waals surface area contributed by atoms with Gasteiger partial charge in [-0.05, 0) is 32.2 Å². The molecule has 0 radical (unpaired) electrons. The number of hydrogen-bond donors (Lipinski definition) is 2. The first-order valence-corrected chi connectivity index (χ1v) is 6.56. The van der Waals surface area contributed by atoms with E-state index in [1.807, 2.05) is 17.9 Å². The largest absolute Gasteiger partial charge is 0.394 e. The van der Waals surface area contributed by atoms with Crippen molar-refractivity contribution in [3.05, 3.63) is 17.4 Å². The van der Waals surface area contributed by atoms with Crippen LogP contribution in [-0.2, 0) is 6.54 Å². The molecule has 4 nitrogen and oxygen atoms in total. The summed E-state index contributed by atoms with van der Waals surface area (Å²) in [5.74, 6) is 0.514. The van der Waals surface area contributed by atoms with Gasteiger partial charge in [-0.15, -0.1) is 0 Å². The number of hydrogen-bond acceptors (Lipinski definition) is 3. The Labute approximate surface area is 107 Å². The Kier molecular flexibility index (Phi) is 4.07. The van der Waals surface area contributed by atoms with Gasteiger partial charge >= 0.3 is 0 Å². The topological polar surface area (TPSA) is 50.1 Å². The van der Waals surface area contributed by atoms with Crippen LogP contribution in [0, 0.1) is 5.92 Å². The van der Waals surface area contributed by atoms with Crippen molar-refractivity contribution in [1.82, 2.24) is 15.1 Å². The zero-order valence-electron chi connectivity index (χ0n) is 10.2. The number of aromatic nitrogens is 2. The molecule has 2 N–H and O–H groups in total. The summed E-state index contributed by atoms with van der Waals surface area (Å²) in [5, 5.41) is 17.8. The van der Waals surface area contributed by atoms with Crippen molar-refractivity contribution < 1.29 is 5.11 Å². The van der Waals surface area contributed by atoms with Crippen molar-refractivity contribution in [2.45, 2.75) is 37.8 Å². The van der Waals surface area contributed by atoms with Gasteiger partial charge in [-0.25, -0.2) is 0 Å². The van der Waals surface area contributed by atoms with Crippen LogP contribution in [0.5, 0.6) is 0 Å². The number of aryl methyl sites for hydroxylation is 1. The molecule has 0 aliphatic heterocycles. The van der Waals surface area contributed by atoms with Gasteiger partial charge in [0.05, 0.1) is 17.8 Å². The molecule has 0 amide bonds. The van der Waals surface area contributed by atoms with Crippen LogP contribution < -0.4 is 5.32 Å². The van der Waals surface area contributed by atoms with Gasteiger partial charge in [-0.3, -0.25) is 4.68 Å². The van der Waals surface area contributed by atoms with E-state index in [2.05, 4.69) is 10.4 Å². The Hall–Kier alpha value is -0.580. The molecule has 0 saturated heterocycles. The molecule has 1 heterocycles. The van der Waals surface area contributed by atoms with Crippen molar-refractivity contribution >= 4 is 11.6 Å². The fourth-order valence-electron chi connectivity index (χ4n) is 2.93. The molecule has 96 valence electrons. The second kappa shape index (κ2) is 5.38. The summed E-state index contributed by atoms with van der Waals surface area (Å²) in [6, 6.07) is 0. The summed E-state index contributed by atoms with van der Waals surface area (Å²) in [7, 11) is 1.94. The minimum absolute atomic E-state index is 0.0864. The maximum absolute atomic E-state index is 9.58. The van der Waals surface area contributed by atoms with Gasteiger partial charge in [0.2, 0.25) is 0 Å². The van der Waals surface area contributed by atoms with E-state index in [4.69, 9.17) is 11.6 Å². The molecular weight excluding hydrogens is 238 g/mol. The Morgan fingerprint density at radius 2 is 2.53 bits per heavy atom. The average Bonchev–Trinajstić information content (AvgIpc) is 2.93. The monoisotopic (exact) mass is 257 g/mol. The fourth-order valence-corrected chi connectivity index (χ4v) is 3.09. The first kappa shape index (κ1) is 12.9. The first-order valence-electron chi connectivity index (χ1n) is 6.18. The van der Waals surface area contributed by atoms with Crippen molar-refractivity contribution in [2.75, 3.05) is 13.7 Å². The second-order valence-corrected chi connectivity index (χ2v) is 5.30. The third-order valence-corrected chi connectivity index (χ3v) is 4.24. The van der Waals surface area contributed by atoms with Gasteiger partial charge in [-0.1, -0.05) is 18.0 Å². The van der Waals surface area contributed by atoms with Crippen LogP contribution >= 0.6 is 11.6 Å². The number of likely N-dealkylation sites (N-methyl/N-ethyl adjacent to an activating group) is 1. The SMILES string of the molecule is CNC1(CO)CCCC1CCn1cc(Cl)cn1. The average molecular weight is 258 g/mol. The number of halogens is 1. The lowest BCUT2D eigenvalue weighted by Crippen LogP contribution is -2.49. The highest BCUT2D eigenvalue weighted by Gasteiger charge is 2.40. The molecule has 0 bridgehead atoms. The Morgan fingerprint density at radius 1 is 1.71 bits per heavy atom. The lowest BCUT2D eigenvalue weighted by molar-refractivity contribution is 0.124. The smallest absolute Gasteiger partial charge is 0.0785 e. The van der Waals surface area contributed by atoms with Crippen LogP contribution in [-0.4, -0.2) is 34.1 Å². The van der Waals surface area contributed by atoms with E-state index in [1.165, 1.54) is 12.8 Å². The van der Waals surface area contributed by atoms with Crippen LogP contribution in [0.2, 0.25) is 5.02 Å². The number of aliphatic hydroxyl groups is 1. The minimum atomic E-state index is -0.0864. The normalized spacial score (nSPS) is 28.8. The summed E-state index contributed by atoms with van der Waals surface area (Å²) < 4.78 is 1.87. The summed E-state index contributed by atoms with van der Waals surface area (Å²) in [6.07, 6.45) is 7.95. The molecule has 1 aromatic heterocycles. The standard InChI is InChI=1S/C12H20ClN3O/c1-14-12(9-17)5-2-3-10(12)4-6-16-8-11(13)7-15-16/h7-8,10,14,17H,2-6,9H2,1H3. The second-order valence-electron chi connectivity index (χ2n) is 4.86. The van der Waals surface area contributed by atoms with Crippen molar-refractivity contribution in [3.8, 4) is 0 Å². The third-order valence-electron chi connectivity index (χ3n) is 4.05. The van der Waals surface area contributed by atoms with Crippen molar-refractivity contribution in [1.29, 1.82) is 0 Å². The van der Waals surface area contributed by atoms with Gasteiger partial charge in [0.15, 0.2) is 0 Å². The number of nitrogens with one attached hydrogen (secondary N) is 1. The highest BCUT2D eigenvalue weighted by atomic mass is 35.5. The van der Waals surface area contributed by atoms with E-state index >= 15 is 0 Å². The molecule has 2 rings (SSSR count). The van der Waals surface area contributed by atoms with Gasteiger partial charge in [0, 0.05) is 18.3 Å². The van der Waals surface area contributed by atoms with Crippen LogP contribution in [0.15, 0.2) is 12.4 Å². The Balaban J connectivity index is 1.94. The molecule has 2 unspecified atom stereocenters. The van der Waals surface area contributed by atoms with E-state index in [1.54, 1.807) is 6.20 Å². The molecule has 0 spiro atoms. The fraction of sp³-hybridized carbons (Fsp3) is 0.750. The number of aliphatic hydroxyl groups excluding tert-OH is 1. The van der Waals surface area contributed by atoms with E-state index < -0.39 is 0 Å². The van der Waals surface area contributed by atoms with Gasteiger partial charge < -0.3 is 10.4 Å². The van der Waals surface area contributed by atoms with E-state index in [0.29, 0.717) is 10.9 Å². The first-order chi connectivity index (χ1) is 8.20. The summed E-state index contributed by atoms with van der Waals surface area (Å²) in [4.78, 5) is 0. The van der Waals surface area contributed by atoms with Crippen LogP contribution in [0.3, 0.4) is 0 Å². The van der Waals surface area contributed by atoms with Crippen LogP contribution in [0.1, 0.15) is 25.7 Å². The number of nitrogens with zero attached hydrogens (tertiary/aromatic N) is 2. The molecule has 1 aliphatic carbocycles. The highest BCUT2D eigenvalue weighted by Crippen LogP contribution is 2.37. The summed E-state index contributed by atoms with van der Waals surface area (Å²) in [5.41, 5.74) is -0.0864. The molecule has 1 saturated carbocycles. The third kappa shape index (κ3) is 2.64. The maximum atomic E-state index is 9.58. The summed E-state index contributed by atoms with van der Waals surface area (Å²) in [6.45, 7) is 1.08. The maximum Gasteiger partial charge on any atom is 0.0785 e. The van der Waals surface area contributed by atoms with Crippen molar-refractivity contribution in [3.63, 3.8) is 0 Å². The van der Waals surface area contributed by atoms with E-state index in [-0.39, 0.29) is 12.1 Å². The lowest BCUT2D eigenvalue weighted by atomic mass is 9.85. The molecule has 0 aromatic carbocycles. The van der Waals surface area contributed by atoms with Crippen LogP contribution in [0.25, 0.3) is 0 Å². The Morgan fingerprint density at radius 3 is 3.12 bits per heavy atom. The predicted molar refractivity (Wildman–Crippen MR) is 68.1 cm³/mol. The van der Waals surface area contributed by atoms with E-state index in [9.17, 15) is 5.11 Å². The molecular formula is C12H20ClN3O. The zero-order valence-corrected chi connectivity index (χ0v) is 11.0. The minimum Gasteiger partial charge on any atom is -0.394 e. The molecule has 1 aliphatic rings. The Bertz CT molecular complexity index is 362. The molecule has 17 heavy (non-hydrogen) atoms. The van der Waals surface area contributed by atoms with Crippen molar-refractivity contribution in [2.24, 2.45) is 5.92 Å². The number of rotatable bonds is 5. The molecule has 2 atom stereocenters. The van der Waals surface area contributed by atoms with Gasteiger partial charge in [-0.2, -0.15) is 5.10 Å². The van der Waals surface area contributed by atoms with E-state index in [0.717, 1.165) is 19.4 Å². The van der Waals surface area contributed by atoms with Crippen LogP contribution in [0.4, 0.5) is 0 Å².